The molecule has 0 aliphatic rings. The van der Waals surface area contributed by atoms with Gasteiger partial charge in [-0.25, -0.2) is 9.37 Å². The SMILES string of the molecule is NCc1ccc(Cn2cnc3ccccc3c2=O)c(F)c1. The van der Waals surface area contributed by atoms with Gasteiger partial charge >= 0.3 is 0 Å². The molecule has 0 radical (unpaired) electrons. The third-order valence-electron chi connectivity index (χ3n) is 3.43. The van der Waals surface area contributed by atoms with Crippen LogP contribution in [-0.2, 0) is 13.1 Å². The molecule has 0 saturated carbocycles. The summed E-state index contributed by atoms with van der Waals surface area (Å²) in [5, 5.41) is 0.527. The average molecular weight is 283 g/mol. The molecule has 0 aliphatic heterocycles. The summed E-state index contributed by atoms with van der Waals surface area (Å²) >= 11 is 0. The van der Waals surface area contributed by atoms with Crippen LogP contribution in [0, 0.1) is 5.82 Å². The van der Waals surface area contributed by atoms with Crippen LogP contribution >= 0.6 is 0 Å². The number of halogens is 1. The van der Waals surface area contributed by atoms with Gasteiger partial charge < -0.3 is 5.73 Å². The van der Waals surface area contributed by atoms with Crippen molar-refractivity contribution in [2.75, 3.05) is 0 Å². The van der Waals surface area contributed by atoms with Gasteiger partial charge in [-0.2, -0.15) is 0 Å². The molecule has 0 amide bonds. The van der Waals surface area contributed by atoms with Gasteiger partial charge in [0.05, 0.1) is 23.8 Å². The van der Waals surface area contributed by atoms with Crippen molar-refractivity contribution in [3.05, 3.63) is 76.1 Å². The van der Waals surface area contributed by atoms with E-state index in [1.807, 2.05) is 6.07 Å². The van der Waals surface area contributed by atoms with Crippen LogP contribution in [0.5, 0.6) is 0 Å². The first-order chi connectivity index (χ1) is 10.2. The highest BCUT2D eigenvalue weighted by Gasteiger charge is 2.07. The van der Waals surface area contributed by atoms with Crippen molar-refractivity contribution >= 4 is 10.9 Å². The van der Waals surface area contributed by atoms with E-state index in [4.69, 9.17) is 5.73 Å². The highest BCUT2D eigenvalue weighted by atomic mass is 19.1. The first-order valence-corrected chi connectivity index (χ1v) is 6.60. The second kappa shape index (κ2) is 5.46. The predicted octanol–water partition coefficient (Wildman–Crippen LogP) is 2.04. The molecule has 106 valence electrons. The van der Waals surface area contributed by atoms with Crippen LogP contribution in [0.2, 0.25) is 0 Å². The van der Waals surface area contributed by atoms with Crippen molar-refractivity contribution in [2.45, 2.75) is 13.1 Å². The first kappa shape index (κ1) is 13.5. The Morgan fingerprint density at radius 1 is 1.19 bits per heavy atom. The minimum Gasteiger partial charge on any atom is -0.326 e. The molecule has 0 atom stereocenters. The van der Waals surface area contributed by atoms with Gasteiger partial charge in [0, 0.05) is 12.1 Å². The van der Waals surface area contributed by atoms with E-state index in [0.717, 1.165) is 5.56 Å². The Balaban J connectivity index is 2.02. The van der Waals surface area contributed by atoms with Crippen molar-refractivity contribution in [1.82, 2.24) is 9.55 Å². The molecule has 0 aliphatic carbocycles. The van der Waals surface area contributed by atoms with Gasteiger partial charge in [0.25, 0.3) is 5.56 Å². The first-order valence-electron chi connectivity index (χ1n) is 6.60. The number of nitrogens with two attached hydrogens (primary N) is 1. The lowest BCUT2D eigenvalue weighted by Gasteiger charge is -2.08. The standard InChI is InChI=1S/C16H14FN3O/c17-14-7-11(8-18)5-6-12(14)9-20-10-19-15-4-2-1-3-13(15)16(20)21/h1-7,10H,8-9,18H2. The quantitative estimate of drug-likeness (QED) is 0.800. The lowest BCUT2D eigenvalue weighted by Crippen LogP contribution is -2.21. The average Bonchev–Trinajstić information content (AvgIpc) is 2.52. The Labute approximate surface area is 120 Å². The molecule has 3 rings (SSSR count). The van der Waals surface area contributed by atoms with Crippen molar-refractivity contribution in [3.8, 4) is 0 Å². The van der Waals surface area contributed by atoms with E-state index in [9.17, 15) is 9.18 Å². The zero-order chi connectivity index (χ0) is 14.8. The maximum atomic E-state index is 14.0. The predicted molar refractivity (Wildman–Crippen MR) is 79.4 cm³/mol. The highest BCUT2D eigenvalue weighted by molar-refractivity contribution is 5.76. The second-order valence-electron chi connectivity index (χ2n) is 4.82. The molecular weight excluding hydrogens is 269 g/mol. The van der Waals surface area contributed by atoms with Gasteiger partial charge in [0.1, 0.15) is 5.82 Å². The molecule has 1 heterocycles. The fourth-order valence-electron chi connectivity index (χ4n) is 2.25. The van der Waals surface area contributed by atoms with E-state index in [-0.39, 0.29) is 24.5 Å². The minimum atomic E-state index is -0.363. The number of benzene rings is 2. The monoisotopic (exact) mass is 283 g/mol. The molecule has 2 N–H and O–H groups in total. The van der Waals surface area contributed by atoms with Crippen LogP contribution in [-0.4, -0.2) is 9.55 Å². The summed E-state index contributed by atoms with van der Waals surface area (Å²) in [5.74, 6) is -0.363. The molecule has 3 aromatic rings. The summed E-state index contributed by atoms with van der Waals surface area (Å²) < 4.78 is 15.4. The van der Waals surface area contributed by atoms with E-state index in [1.165, 1.54) is 17.0 Å². The number of fused-ring (bicyclic) bond motifs is 1. The van der Waals surface area contributed by atoms with E-state index in [1.54, 1.807) is 30.3 Å². The molecule has 0 spiro atoms. The Morgan fingerprint density at radius 2 is 2.00 bits per heavy atom. The van der Waals surface area contributed by atoms with Crippen molar-refractivity contribution in [2.24, 2.45) is 5.73 Å². The number of rotatable bonds is 3. The number of para-hydroxylation sites is 1. The molecule has 0 fully saturated rings. The lowest BCUT2D eigenvalue weighted by molar-refractivity contribution is 0.593. The van der Waals surface area contributed by atoms with Gasteiger partial charge in [0.2, 0.25) is 0 Å². The number of aromatic nitrogens is 2. The third kappa shape index (κ3) is 2.55. The molecule has 5 heteroatoms. The van der Waals surface area contributed by atoms with Crippen LogP contribution in [0.1, 0.15) is 11.1 Å². The van der Waals surface area contributed by atoms with Crippen molar-refractivity contribution in [3.63, 3.8) is 0 Å². The summed E-state index contributed by atoms with van der Waals surface area (Å²) in [6.07, 6.45) is 1.45. The molecule has 21 heavy (non-hydrogen) atoms. The van der Waals surface area contributed by atoms with Gasteiger partial charge in [-0.1, -0.05) is 24.3 Å². The summed E-state index contributed by atoms with van der Waals surface area (Å²) in [6, 6.07) is 11.9. The maximum Gasteiger partial charge on any atom is 0.261 e. The van der Waals surface area contributed by atoms with E-state index < -0.39 is 0 Å². The lowest BCUT2D eigenvalue weighted by atomic mass is 10.1. The fourth-order valence-corrected chi connectivity index (χ4v) is 2.25. The number of hydrogen-bond donors (Lipinski definition) is 1. The van der Waals surface area contributed by atoms with Gasteiger partial charge in [-0.05, 0) is 23.8 Å². The van der Waals surface area contributed by atoms with E-state index in [2.05, 4.69) is 4.98 Å². The summed E-state index contributed by atoms with van der Waals surface area (Å²) in [5.41, 5.74) is 7.09. The third-order valence-corrected chi connectivity index (χ3v) is 3.43. The Bertz CT molecular complexity index is 858. The molecule has 2 aromatic carbocycles. The van der Waals surface area contributed by atoms with E-state index >= 15 is 0 Å². The van der Waals surface area contributed by atoms with Crippen LogP contribution in [0.3, 0.4) is 0 Å². The fraction of sp³-hybridized carbons (Fsp3) is 0.125. The number of hydrogen-bond acceptors (Lipinski definition) is 3. The molecule has 0 unspecified atom stereocenters. The van der Waals surface area contributed by atoms with Crippen molar-refractivity contribution in [1.29, 1.82) is 0 Å². The van der Waals surface area contributed by atoms with Crippen LogP contribution in [0.4, 0.5) is 4.39 Å². The highest BCUT2D eigenvalue weighted by Crippen LogP contribution is 2.12. The van der Waals surface area contributed by atoms with Crippen LogP contribution < -0.4 is 11.3 Å². The van der Waals surface area contributed by atoms with Gasteiger partial charge in [0.15, 0.2) is 0 Å². The van der Waals surface area contributed by atoms with E-state index in [0.29, 0.717) is 16.5 Å². The minimum absolute atomic E-state index is 0.146. The molecule has 4 nitrogen and oxygen atoms in total. The Morgan fingerprint density at radius 3 is 2.76 bits per heavy atom. The summed E-state index contributed by atoms with van der Waals surface area (Å²) in [6.45, 7) is 0.433. The molecule has 0 bridgehead atoms. The zero-order valence-corrected chi connectivity index (χ0v) is 11.3. The molecular formula is C16H14FN3O. The molecule has 0 saturated heterocycles. The normalized spacial score (nSPS) is 11.0. The smallest absolute Gasteiger partial charge is 0.261 e. The van der Waals surface area contributed by atoms with Crippen molar-refractivity contribution < 1.29 is 4.39 Å². The zero-order valence-electron chi connectivity index (χ0n) is 11.3. The molecule has 1 aromatic heterocycles. The summed E-state index contributed by atoms with van der Waals surface area (Å²) in [7, 11) is 0. The number of nitrogens with zero attached hydrogens (tertiary/aromatic N) is 2. The van der Waals surface area contributed by atoms with Gasteiger partial charge in [-0.3, -0.25) is 9.36 Å². The largest absolute Gasteiger partial charge is 0.326 e. The van der Waals surface area contributed by atoms with Crippen LogP contribution in [0.25, 0.3) is 10.9 Å². The topological polar surface area (TPSA) is 60.9 Å². The van der Waals surface area contributed by atoms with Gasteiger partial charge in [-0.15, -0.1) is 0 Å². The van der Waals surface area contributed by atoms with Crippen LogP contribution in [0.15, 0.2) is 53.6 Å². The summed E-state index contributed by atoms with van der Waals surface area (Å²) in [4.78, 5) is 16.6. The Kier molecular flexibility index (Phi) is 3.50. The second-order valence-corrected chi connectivity index (χ2v) is 4.82. The maximum absolute atomic E-state index is 14.0. The Hall–Kier alpha value is -2.53.